The van der Waals surface area contributed by atoms with Gasteiger partial charge >= 0.3 is 0 Å². The Labute approximate surface area is 170 Å². The monoisotopic (exact) mass is 400 g/mol. The second-order valence-electron chi connectivity index (χ2n) is 7.16. The number of anilines is 1. The number of rotatable bonds is 6. The molecule has 1 fully saturated rings. The van der Waals surface area contributed by atoms with Crippen molar-refractivity contribution < 1.29 is 14.3 Å². The zero-order valence-corrected chi connectivity index (χ0v) is 17.0. The topological polar surface area (TPSA) is 58.6 Å². The van der Waals surface area contributed by atoms with E-state index in [0.29, 0.717) is 22.9 Å². The maximum absolute atomic E-state index is 13.1. The van der Waals surface area contributed by atoms with Crippen LogP contribution in [0.25, 0.3) is 0 Å². The molecule has 6 heteroatoms. The molecule has 2 aromatic carbocycles. The molecular formula is C22H25ClN2O3. The van der Waals surface area contributed by atoms with Gasteiger partial charge in [-0.2, -0.15) is 0 Å². The predicted octanol–water partition coefficient (Wildman–Crippen LogP) is 4.40. The number of ether oxygens (including phenoxy) is 1. The van der Waals surface area contributed by atoms with Crippen molar-refractivity contribution in [2.24, 2.45) is 5.92 Å². The maximum Gasteiger partial charge on any atom is 0.221 e. The van der Waals surface area contributed by atoms with Gasteiger partial charge in [-0.1, -0.05) is 23.7 Å². The van der Waals surface area contributed by atoms with E-state index in [2.05, 4.69) is 10.2 Å². The van der Waals surface area contributed by atoms with Crippen LogP contribution in [-0.2, 0) is 11.3 Å². The summed E-state index contributed by atoms with van der Waals surface area (Å²) in [5.41, 5.74) is 2.50. The molecule has 1 atom stereocenters. The summed E-state index contributed by atoms with van der Waals surface area (Å²) in [5.74, 6) is 0.506. The smallest absolute Gasteiger partial charge is 0.221 e. The summed E-state index contributed by atoms with van der Waals surface area (Å²) in [6.07, 6.45) is 1.84. The van der Waals surface area contributed by atoms with E-state index in [4.69, 9.17) is 16.3 Å². The highest BCUT2D eigenvalue weighted by Crippen LogP contribution is 2.29. The number of Topliss-reactive ketones (excluding diaryl/α,β-unsaturated/α-hetero) is 1. The number of carbonyl (C=O) groups is 2. The second-order valence-corrected chi connectivity index (χ2v) is 7.60. The van der Waals surface area contributed by atoms with Gasteiger partial charge in [-0.3, -0.25) is 14.5 Å². The predicted molar refractivity (Wildman–Crippen MR) is 111 cm³/mol. The van der Waals surface area contributed by atoms with E-state index in [1.165, 1.54) is 6.92 Å². The Hall–Kier alpha value is -2.37. The van der Waals surface area contributed by atoms with E-state index in [0.717, 1.165) is 37.2 Å². The van der Waals surface area contributed by atoms with Crippen molar-refractivity contribution in [1.29, 1.82) is 0 Å². The zero-order chi connectivity index (χ0) is 20.1. The number of amides is 1. The molecule has 1 amide bonds. The Morgan fingerprint density at radius 1 is 1.21 bits per heavy atom. The summed E-state index contributed by atoms with van der Waals surface area (Å²) in [5, 5.41) is 3.31. The third kappa shape index (κ3) is 5.12. The molecule has 1 heterocycles. The lowest BCUT2D eigenvalue weighted by molar-refractivity contribution is -0.114. The molecule has 0 radical (unpaired) electrons. The molecule has 1 unspecified atom stereocenters. The van der Waals surface area contributed by atoms with Gasteiger partial charge in [0.05, 0.1) is 12.7 Å². The van der Waals surface area contributed by atoms with E-state index < -0.39 is 0 Å². The number of benzene rings is 2. The number of carbonyl (C=O) groups excluding carboxylic acids is 2. The molecule has 0 aromatic heterocycles. The Balaban J connectivity index is 1.66. The number of likely N-dealkylation sites (tertiary alicyclic amines) is 1. The Morgan fingerprint density at radius 3 is 2.64 bits per heavy atom. The number of hydrogen-bond donors (Lipinski definition) is 1. The molecule has 28 heavy (non-hydrogen) atoms. The number of halogens is 1. The number of methoxy groups -OCH3 is 1. The standard InChI is InChI=1S/C22H25ClN2O3/c1-15(26)24-19-8-5-16(6-9-19)13-25-11-3-4-17(14-25)22(27)20-12-18(23)7-10-21(20)28-2/h5-10,12,17H,3-4,11,13-14H2,1-2H3,(H,24,26). The van der Waals surface area contributed by atoms with Crippen molar-refractivity contribution in [2.45, 2.75) is 26.3 Å². The Kier molecular flexibility index (Phi) is 6.70. The number of ketones is 1. The van der Waals surface area contributed by atoms with Crippen LogP contribution in [0.1, 0.15) is 35.7 Å². The molecule has 0 saturated carbocycles. The fourth-order valence-electron chi connectivity index (χ4n) is 3.66. The van der Waals surface area contributed by atoms with Crippen LogP contribution in [-0.4, -0.2) is 36.8 Å². The fraction of sp³-hybridized carbons (Fsp3) is 0.364. The highest BCUT2D eigenvalue weighted by atomic mass is 35.5. The number of hydrogen-bond acceptors (Lipinski definition) is 4. The van der Waals surface area contributed by atoms with Crippen LogP contribution in [0.4, 0.5) is 5.69 Å². The van der Waals surface area contributed by atoms with Crippen LogP contribution in [0.5, 0.6) is 5.75 Å². The molecule has 0 spiro atoms. The molecule has 148 valence electrons. The lowest BCUT2D eigenvalue weighted by Crippen LogP contribution is -2.38. The van der Waals surface area contributed by atoms with Crippen LogP contribution in [0, 0.1) is 5.92 Å². The van der Waals surface area contributed by atoms with Gasteiger partial charge in [0.1, 0.15) is 5.75 Å². The summed E-state index contributed by atoms with van der Waals surface area (Å²) < 4.78 is 5.35. The first kappa shape index (κ1) is 20.4. The third-order valence-corrected chi connectivity index (χ3v) is 5.22. The minimum absolute atomic E-state index is 0.0697. The summed E-state index contributed by atoms with van der Waals surface area (Å²) in [6.45, 7) is 3.94. The van der Waals surface area contributed by atoms with Crippen molar-refractivity contribution in [3.8, 4) is 5.75 Å². The number of piperidine rings is 1. The molecule has 3 rings (SSSR count). The van der Waals surface area contributed by atoms with E-state index in [-0.39, 0.29) is 17.6 Å². The quantitative estimate of drug-likeness (QED) is 0.730. The largest absolute Gasteiger partial charge is 0.496 e. The lowest BCUT2D eigenvalue weighted by atomic mass is 9.89. The molecule has 0 bridgehead atoms. The molecule has 1 aliphatic rings. The minimum Gasteiger partial charge on any atom is -0.496 e. The van der Waals surface area contributed by atoms with Gasteiger partial charge in [-0.15, -0.1) is 0 Å². The fourth-order valence-corrected chi connectivity index (χ4v) is 3.83. The van der Waals surface area contributed by atoms with Crippen molar-refractivity contribution in [2.75, 3.05) is 25.5 Å². The first-order valence-corrected chi connectivity index (χ1v) is 9.80. The normalized spacial score (nSPS) is 17.2. The van der Waals surface area contributed by atoms with Gasteiger partial charge in [-0.05, 0) is 55.3 Å². The van der Waals surface area contributed by atoms with Gasteiger partial charge in [0.15, 0.2) is 5.78 Å². The van der Waals surface area contributed by atoms with Crippen LogP contribution < -0.4 is 10.1 Å². The average molecular weight is 401 g/mol. The maximum atomic E-state index is 13.1. The highest BCUT2D eigenvalue weighted by molar-refractivity contribution is 6.31. The molecule has 1 N–H and O–H groups in total. The summed E-state index contributed by atoms with van der Waals surface area (Å²) >= 11 is 6.09. The van der Waals surface area contributed by atoms with Crippen molar-refractivity contribution in [1.82, 2.24) is 4.90 Å². The minimum atomic E-state index is -0.0819. The number of nitrogens with zero attached hydrogens (tertiary/aromatic N) is 1. The summed E-state index contributed by atoms with van der Waals surface area (Å²) in [4.78, 5) is 26.5. The van der Waals surface area contributed by atoms with E-state index in [9.17, 15) is 9.59 Å². The molecule has 1 aliphatic heterocycles. The van der Waals surface area contributed by atoms with Crippen molar-refractivity contribution in [3.63, 3.8) is 0 Å². The lowest BCUT2D eigenvalue weighted by Gasteiger charge is -2.32. The first-order valence-electron chi connectivity index (χ1n) is 9.43. The number of nitrogens with one attached hydrogen (secondary N) is 1. The van der Waals surface area contributed by atoms with E-state index >= 15 is 0 Å². The van der Waals surface area contributed by atoms with E-state index in [1.807, 2.05) is 24.3 Å². The van der Waals surface area contributed by atoms with Crippen molar-refractivity contribution >= 4 is 29.0 Å². The zero-order valence-electron chi connectivity index (χ0n) is 16.2. The van der Waals surface area contributed by atoms with Crippen LogP contribution in [0.15, 0.2) is 42.5 Å². The van der Waals surface area contributed by atoms with E-state index in [1.54, 1.807) is 25.3 Å². The van der Waals surface area contributed by atoms with Gasteiger partial charge < -0.3 is 10.1 Å². The molecule has 2 aromatic rings. The summed E-state index contributed by atoms with van der Waals surface area (Å²) in [6, 6.07) is 13.0. The van der Waals surface area contributed by atoms with Gasteiger partial charge in [0.25, 0.3) is 0 Å². The molecule has 5 nitrogen and oxygen atoms in total. The molecule has 0 aliphatic carbocycles. The second kappa shape index (κ2) is 9.22. The van der Waals surface area contributed by atoms with Gasteiger partial charge in [0, 0.05) is 36.6 Å². The average Bonchev–Trinajstić information content (AvgIpc) is 2.69. The van der Waals surface area contributed by atoms with Gasteiger partial charge in [-0.25, -0.2) is 0 Å². The third-order valence-electron chi connectivity index (χ3n) is 4.98. The SMILES string of the molecule is COc1ccc(Cl)cc1C(=O)C1CCCN(Cc2ccc(NC(C)=O)cc2)C1. The molecule has 1 saturated heterocycles. The highest BCUT2D eigenvalue weighted by Gasteiger charge is 2.28. The summed E-state index contributed by atoms with van der Waals surface area (Å²) in [7, 11) is 1.57. The molecular weight excluding hydrogens is 376 g/mol. The van der Waals surface area contributed by atoms with Crippen LogP contribution in [0.3, 0.4) is 0 Å². The first-order chi connectivity index (χ1) is 13.5. The van der Waals surface area contributed by atoms with Gasteiger partial charge in [0.2, 0.25) is 5.91 Å². The Morgan fingerprint density at radius 2 is 1.96 bits per heavy atom. The van der Waals surface area contributed by atoms with Crippen molar-refractivity contribution in [3.05, 3.63) is 58.6 Å². The van der Waals surface area contributed by atoms with Crippen LogP contribution in [0.2, 0.25) is 5.02 Å². The van der Waals surface area contributed by atoms with Crippen LogP contribution >= 0.6 is 11.6 Å². The Bertz CT molecular complexity index is 851.